The maximum absolute atomic E-state index is 12.1. The molecule has 6 heteroatoms. The maximum Gasteiger partial charge on any atom is 0.255 e. The lowest BCUT2D eigenvalue weighted by molar-refractivity contribution is 0.102. The van der Waals surface area contributed by atoms with Gasteiger partial charge in [0.25, 0.3) is 5.91 Å². The highest BCUT2D eigenvalue weighted by atomic mass is 79.9. The number of nitrogens with one attached hydrogen (secondary N) is 1. The van der Waals surface area contributed by atoms with E-state index in [4.69, 9.17) is 22.1 Å². The SMILES string of the molecule is COc1ccc(NC(=O)c2cc(Cl)cc(Br)c2)cc1N. The molecule has 0 radical (unpaired) electrons. The number of nitrogen functional groups attached to an aromatic ring is 1. The number of halogens is 2. The Bertz CT molecular complexity index is 641. The molecule has 0 fully saturated rings. The van der Waals surface area contributed by atoms with Crippen molar-refractivity contribution in [3.05, 3.63) is 51.5 Å². The molecule has 0 atom stereocenters. The van der Waals surface area contributed by atoms with E-state index < -0.39 is 0 Å². The molecular weight excluding hydrogens is 344 g/mol. The van der Waals surface area contributed by atoms with Gasteiger partial charge in [0.15, 0.2) is 0 Å². The van der Waals surface area contributed by atoms with Gasteiger partial charge < -0.3 is 15.8 Å². The second-order valence-electron chi connectivity index (χ2n) is 4.07. The minimum atomic E-state index is -0.266. The molecule has 0 aromatic heterocycles. The topological polar surface area (TPSA) is 64.3 Å². The summed E-state index contributed by atoms with van der Waals surface area (Å²) in [5.74, 6) is 0.297. The van der Waals surface area contributed by atoms with Crippen LogP contribution in [0.2, 0.25) is 5.02 Å². The third-order valence-electron chi connectivity index (χ3n) is 2.61. The van der Waals surface area contributed by atoms with Gasteiger partial charge in [0, 0.05) is 20.7 Å². The van der Waals surface area contributed by atoms with Crippen LogP contribution < -0.4 is 15.8 Å². The summed E-state index contributed by atoms with van der Waals surface area (Å²) in [4.78, 5) is 12.1. The number of rotatable bonds is 3. The van der Waals surface area contributed by atoms with Gasteiger partial charge in [0.05, 0.1) is 12.8 Å². The minimum absolute atomic E-state index is 0.266. The lowest BCUT2D eigenvalue weighted by Crippen LogP contribution is -2.12. The van der Waals surface area contributed by atoms with Crippen LogP contribution in [0.4, 0.5) is 11.4 Å². The predicted octanol–water partition coefficient (Wildman–Crippen LogP) is 3.95. The Morgan fingerprint density at radius 1 is 1.30 bits per heavy atom. The first-order valence-electron chi connectivity index (χ1n) is 5.70. The molecule has 0 heterocycles. The number of carbonyl (C=O) groups is 1. The summed E-state index contributed by atoms with van der Waals surface area (Å²) in [6.07, 6.45) is 0. The molecule has 1 amide bonds. The molecule has 0 bridgehead atoms. The lowest BCUT2D eigenvalue weighted by Gasteiger charge is -2.09. The van der Waals surface area contributed by atoms with Gasteiger partial charge in [0.2, 0.25) is 0 Å². The third-order valence-corrected chi connectivity index (χ3v) is 3.29. The van der Waals surface area contributed by atoms with E-state index in [0.29, 0.717) is 27.7 Å². The molecule has 0 spiro atoms. The second kappa shape index (κ2) is 6.15. The van der Waals surface area contributed by atoms with Crippen LogP contribution in [0.1, 0.15) is 10.4 Å². The van der Waals surface area contributed by atoms with Crippen LogP contribution in [-0.4, -0.2) is 13.0 Å². The van der Waals surface area contributed by atoms with Crippen molar-refractivity contribution in [2.24, 2.45) is 0 Å². The van der Waals surface area contributed by atoms with E-state index in [2.05, 4.69) is 21.2 Å². The van der Waals surface area contributed by atoms with Crippen molar-refractivity contribution in [2.45, 2.75) is 0 Å². The molecule has 0 aliphatic rings. The zero-order valence-electron chi connectivity index (χ0n) is 10.6. The average Bonchev–Trinajstić information content (AvgIpc) is 2.37. The second-order valence-corrected chi connectivity index (χ2v) is 5.42. The first-order valence-corrected chi connectivity index (χ1v) is 6.87. The van der Waals surface area contributed by atoms with Crippen molar-refractivity contribution in [1.82, 2.24) is 0 Å². The first kappa shape index (κ1) is 14.7. The monoisotopic (exact) mass is 354 g/mol. The Labute approximate surface area is 130 Å². The van der Waals surface area contributed by atoms with Crippen molar-refractivity contribution < 1.29 is 9.53 Å². The Morgan fingerprint density at radius 3 is 2.65 bits per heavy atom. The van der Waals surface area contributed by atoms with Crippen molar-refractivity contribution in [3.63, 3.8) is 0 Å². The maximum atomic E-state index is 12.1. The van der Waals surface area contributed by atoms with E-state index in [0.717, 1.165) is 4.47 Å². The van der Waals surface area contributed by atoms with Crippen LogP contribution in [-0.2, 0) is 0 Å². The Balaban J connectivity index is 2.21. The summed E-state index contributed by atoms with van der Waals surface area (Å²) in [7, 11) is 1.54. The van der Waals surface area contributed by atoms with Gasteiger partial charge in [-0.15, -0.1) is 0 Å². The summed E-state index contributed by atoms with van der Waals surface area (Å²) >= 11 is 9.21. The Kier molecular flexibility index (Phi) is 4.52. The highest BCUT2D eigenvalue weighted by molar-refractivity contribution is 9.10. The molecule has 104 valence electrons. The van der Waals surface area contributed by atoms with E-state index in [1.54, 1.807) is 36.4 Å². The van der Waals surface area contributed by atoms with E-state index in [9.17, 15) is 4.79 Å². The van der Waals surface area contributed by atoms with E-state index in [-0.39, 0.29) is 5.91 Å². The van der Waals surface area contributed by atoms with Crippen molar-refractivity contribution in [3.8, 4) is 5.75 Å². The smallest absolute Gasteiger partial charge is 0.255 e. The number of carbonyl (C=O) groups excluding carboxylic acids is 1. The number of benzene rings is 2. The summed E-state index contributed by atoms with van der Waals surface area (Å²) < 4.78 is 5.80. The molecule has 4 nitrogen and oxygen atoms in total. The fourth-order valence-electron chi connectivity index (χ4n) is 1.70. The normalized spacial score (nSPS) is 10.2. The van der Waals surface area contributed by atoms with E-state index in [1.807, 2.05) is 0 Å². The average molecular weight is 356 g/mol. The fraction of sp³-hybridized carbons (Fsp3) is 0.0714. The number of anilines is 2. The molecule has 0 aliphatic heterocycles. The van der Waals surface area contributed by atoms with Gasteiger partial charge in [-0.1, -0.05) is 27.5 Å². The van der Waals surface area contributed by atoms with Gasteiger partial charge in [0.1, 0.15) is 5.75 Å². The van der Waals surface area contributed by atoms with Crippen LogP contribution >= 0.6 is 27.5 Å². The van der Waals surface area contributed by atoms with Gasteiger partial charge in [-0.25, -0.2) is 0 Å². The summed E-state index contributed by atoms with van der Waals surface area (Å²) in [6.45, 7) is 0. The van der Waals surface area contributed by atoms with Gasteiger partial charge in [-0.05, 0) is 36.4 Å². The van der Waals surface area contributed by atoms with Crippen LogP contribution in [0.15, 0.2) is 40.9 Å². The highest BCUT2D eigenvalue weighted by Gasteiger charge is 2.09. The zero-order valence-corrected chi connectivity index (χ0v) is 13.0. The molecule has 0 aliphatic carbocycles. The lowest BCUT2D eigenvalue weighted by atomic mass is 10.2. The van der Waals surface area contributed by atoms with Crippen LogP contribution in [0.25, 0.3) is 0 Å². The van der Waals surface area contributed by atoms with Crippen molar-refractivity contribution in [1.29, 1.82) is 0 Å². The summed E-state index contributed by atoms with van der Waals surface area (Å²) in [5.41, 5.74) is 7.29. The van der Waals surface area contributed by atoms with E-state index in [1.165, 1.54) is 7.11 Å². The molecule has 0 unspecified atom stereocenters. The number of hydrogen-bond donors (Lipinski definition) is 2. The highest BCUT2D eigenvalue weighted by Crippen LogP contribution is 2.25. The third kappa shape index (κ3) is 3.43. The van der Waals surface area contributed by atoms with E-state index >= 15 is 0 Å². The van der Waals surface area contributed by atoms with Crippen LogP contribution in [0, 0.1) is 0 Å². The van der Waals surface area contributed by atoms with Gasteiger partial charge in [-0.3, -0.25) is 4.79 Å². The molecule has 2 rings (SSSR count). The number of ether oxygens (including phenoxy) is 1. The molecule has 2 aromatic carbocycles. The fourth-order valence-corrected chi connectivity index (χ4v) is 2.56. The summed E-state index contributed by atoms with van der Waals surface area (Å²) in [6, 6.07) is 10.0. The van der Waals surface area contributed by atoms with Gasteiger partial charge in [-0.2, -0.15) is 0 Å². The molecule has 20 heavy (non-hydrogen) atoms. The number of hydrogen-bond acceptors (Lipinski definition) is 3. The molecule has 0 saturated heterocycles. The molecule has 3 N–H and O–H groups in total. The minimum Gasteiger partial charge on any atom is -0.495 e. The first-order chi connectivity index (χ1) is 9.49. The predicted molar refractivity (Wildman–Crippen MR) is 84.5 cm³/mol. The van der Waals surface area contributed by atoms with Crippen LogP contribution in [0.3, 0.4) is 0 Å². The Morgan fingerprint density at radius 2 is 2.05 bits per heavy atom. The van der Waals surface area contributed by atoms with Crippen molar-refractivity contribution in [2.75, 3.05) is 18.2 Å². The largest absolute Gasteiger partial charge is 0.495 e. The molecule has 0 saturated carbocycles. The quantitative estimate of drug-likeness (QED) is 0.820. The number of amides is 1. The molecule has 2 aromatic rings. The standard InChI is InChI=1S/C14H12BrClN2O2/c1-20-13-3-2-11(7-12(13)17)18-14(19)8-4-9(15)6-10(16)5-8/h2-7H,17H2,1H3,(H,18,19). The molecular formula is C14H12BrClN2O2. The van der Waals surface area contributed by atoms with Gasteiger partial charge >= 0.3 is 0 Å². The van der Waals surface area contributed by atoms with Crippen LogP contribution in [0.5, 0.6) is 5.75 Å². The van der Waals surface area contributed by atoms with Crippen molar-refractivity contribution >= 4 is 44.8 Å². The zero-order chi connectivity index (χ0) is 14.7. The summed E-state index contributed by atoms with van der Waals surface area (Å²) in [5, 5.41) is 3.24. The Hall–Kier alpha value is -1.72. The number of nitrogens with two attached hydrogens (primary N) is 1. The number of methoxy groups -OCH3 is 1.